The standard InChI is InChI=1S/C18H19N3O2S/c1-23-10-15-19-17(21-8-7-13(22)9-21)16-14(11-24-18(16)20-15)12-5-3-2-4-6-12/h2-6,11,13,22H,7-10H2,1H3/t13-/m0/s1. The zero-order valence-electron chi connectivity index (χ0n) is 13.5. The summed E-state index contributed by atoms with van der Waals surface area (Å²) in [6.07, 6.45) is 0.482. The van der Waals surface area contributed by atoms with Gasteiger partial charge in [0.2, 0.25) is 0 Å². The zero-order valence-corrected chi connectivity index (χ0v) is 14.3. The van der Waals surface area contributed by atoms with Crippen LogP contribution in [0.3, 0.4) is 0 Å². The van der Waals surface area contributed by atoms with E-state index in [0.29, 0.717) is 19.0 Å². The average molecular weight is 341 g/mol. The molecule has 1 aliphatic heterocycles. The monoisotopic (exact) mass is 341 g/mol. The summed E-state index contributed by atoms with van der Waals surface area (Å²) in [7, 11) is 1.65. The molecule has 1 aliphatic rings. The predicted molar refractivity (Wildman–Crippen MR) is 96.4 cm³/mol. The maximum atomic E-state index is 9.94. The van der Waals surface area contributed by atoms with Gasteiger partial charge in [-0.1, -0.05) is 30.3 Å². The minimum Gasteiger partial charge on any atom is -0.391 e. The smallest absolute Gasteiger partial charge is 0.158 e. The van der Waals surface area contributed by atoms with E-state index in [-0.39, 0.29) is 6.10 Å². The van der Waals surface area contributed by atoms with Crippen LogP contribution in [0.15, 0.2) is 35.7 Å². The van der Waals surface area contributed by atoms with Crippen LogP contribution in [0, 0.1) is 0 Å². The Morgan fingerprint density at radius 1 is 1.29 bits per heavy atom. The quantitative estimate of drug-likeness (QED) is 0.790. The van der Waals surface area contributed by atoms with E-state index in [0.717, 1.165) is 40.1 Å². The van der Waals surface area contributed by atoms with Crippen molar-refractivity contribution in [3.63, 3.8) is 0 Å². The highest BCUT2D eigenvalue weighted by atomic mass is 32.1. The molecule has 1 fully saturated rings. The summed E-state index contributed by atoms with van der Waals surface area (Å²) in [5, 5.41) is 13.1. The highest BCUT2D eigenvalue weighted by molar-refractivity contribution is 7.17. The van der Waals surface area contributed by atoms with E-state index < -0.39 is 0 Å². The van der Waals surface area contributed by atoms with Crippen molar-refractivity contribution in [2.75, 3.05) is 25.1 Å². The summed E-state index contributed by atoms with van der Waals surface area (Å²) >= 11 is 1.63. The molecule has 2 aromatic heterocycles. The van der Waals surface area contributed by atoms with E-state index in [1.807, 2.05) is 18.2 Å². The Bertz CT molecular complexity index is 850. The van der Waals surface area contributed by atoms with Gasteiger partial charge in [0.25, 0.3) is 0 Å². The second-order valence-electron chi connectivity index (χ2n) is 5.98. The van der Waals surface area contributed by atoms with Crippen molar-refractivity contribution in [1.29, 1.82) is 0 Å². The van der Waals surface area contributed by atoms with Gasteiger partial charge < -0.3 is 14.7 Å². The van der Waals surface area contributed by atoms with Gasteiger partial charge in [0.15, 0.2) is 5.82 Å². The van der Waals surface area contributed by atoms with Crippen LogP contribution >= 0.6 is 11.3 Å². The molecule has 1 N–H and O–H groups in total. The number of aromatic nitrogens is 2. The third-order valence-corrected chi connectivity index (χ3v) is 5.15. The first kappa shape index (κ1) is 15.5. The van der Waals surface area contributed by atoms with Crippen LogP contribution in [-0.4, -0.2) is 41.4 Å². The Balaban J connectivity index is 1.90. The number of aliphatic hydroxyl groups excluding tert-OH is 1. The fourth-order valence-electron chi connectivity index (χ4n) is 3.15. The van der Waals surface area contributed by atoms with Gasteiger partial charge in [0.1, 0.15) is 17.3 Å². The molecule has 24 heavy (non-hydrogen) atoms. The molecule has 5 nitrogen and oxygen atoms in total. The van der Waals surface area contributed by atoms with Crippen molar-refractivity contribution >= 4 is 27.4 Å². The van der Waals surface area contributed by atoms with Gasteiger partial charge >= 0.3 is 0 Å². The Hall–Kier alpha value is -2.02. The average Bonchev–Trinajstić information content (AvgIpc) is 3.21. The molecule has 0 bridgehead atoms. The molecule has 6 heteroatoms. The molecule has 3 heterocycles. The fourth-order valence-corrected chi connectivity index (χ4v) is 4.11. The Morgan fingerprint density at radius 2 is 2.12 bits per heavy atom. The van der Waals surface area contributed by atoms with Crippen molar-refractivity contribution in [3.05, 3.63) is 41.5 Å². The van der Waals surface area contributed by atoms with Crippen molar-refractivity contribution in [2.24, 2.45) is 0 Å². The fraction of sp³-hybridized carbons (Fsp3) is 0.333. The maximum absolute atomic E-state index is 9.94. The third-order valence-electron chi connectivity index (χ3n) is 4.28. The van der Waals surface area contributed by atoms with Gasteiger partial charge in [-0.15, -0.1) is 11.3 Å². The molecular formula is C18H19N3O2S. The number of hydrogen-bond donors (Lipinski definition) is 1. The molecule has 4 rings (SSSR count). The number of β-amino-alcohol motifs (C(OH)–C–C–N with tert-alkyl or cyclic N) is 1. The topological polar surface area (TPSA) is 58.5 Å². The zero-order chi connectivity index (χ0) is 16.5. The van der Waals surface area contributed by atoms with Crippen molar-refractivity contribution in [3.8, 4) is 11.1 Å². The van der Waals surface area contributed by atoms with Crippen molar-refractivity contribution in [1.82, 2.24) is 9.97 Å². The summed E-state index contributed by atoms with van der Waals surface area (Å²) in [6, 6.07) is 10.3. The number of benzene rings is 1. The molecule has 0 unspecified atom stereocenters. The normalized spacial score (nSPS) is 17.8. The van der Waals surface area contributed by atoms with Crippen LogP contribution in [0.5, 0.6) is 0 Å². The lowest BCUT2D eigenvalue weighted by Crippen LogP contribution is -2.23. The molecule has 3 aromatic rings. The molecule has 0 aliphatic carbocycles. The highest BCUT2D eigenvalue weighted by Gasteiger charge is 2.26. The van der Waals surface area contributed by atoms with Gasteiger partial charge in [-0.3, -0.25) is 0 Å². The van der Waals surface area contributed by atoms with Crippen LogP contribution in [0.25, 0.3) is 21.3 Å². The number of ether oxygens (including phenoxy) is 1. The molecule has 1 saturated heterocycles. The molecule has 0 saturated carbocycles. The molecular weight excluding hydrogens is 322 g/mol. The molecule has 0 amide bonds. The van der Waals surface area contributed by atoms with E-state index in [1.165, 1.54) is 0 Å². The first-order chi connectivity index (χ1) is 11.8. The first-order valence-corrected chi connectivity index (χ1v) is 8.89. The number of fused-ring (bicyclic) bond motifs is 1. The predicted octanol–water partition coefficient (Wildman–Crippen LogP) is 3.08. The first-order valence-electron chi connectivity index (χ1n) is 8.01. The summed E-state index contributed by atoms with van der Waals surface area (Å²) in [6.45, 7) is 1.81. The second kappa shape index (κ2) is 6.47. The summed E-state index contributed by atoms with van der Waals surface area (Å²) in [4.78, 5) is 12.5. The number of aliphatic hydroxyl groups is 1. The van der Waals surface area contributed by atoms with E-state index >= 15 is 0 Å². The lowest BCUT2D eigenvalue weighted by Gasteiger charge is -2.19. The summed E-state index contributed by atoms with van der Waals surface area (Å²) in [5.74, 6) is 1.59. The minimum absolute atomic E-state index is 0.292. The second-order valence-corrected chi connectivity index (χ2v) is 6.84. The minimum atomic E-state index is -0.292. The van der Waals surface area contributed by atoms with Crippen LogP contribution < -0.4 is 4.90 Å². The van der Waals surface area contributed by atoms with Crippen molar-refractivity contribution in [2.45, 2.75) is 19.1 Å². The van der Waals surface area contributed by atoms with E-state index in [1.54, 1.807) is 18.4 Å². The number of rotatable bonds is 4. The molecule has 124 valence electrons. The van der Waals surface area contributed by atoms with Crippen molar-refractivity contribution < 1.29 is 9.84 Å². The van der Waals surface area contributed by atoms with E-state index in [4.69, 9.17) is 9.72 Å². The van der Waals surface area contributed by atoms with Crippen LogP contribution in [0.4, 0.5) is 5.82 Å². The Labute approximate surface area is 144 Å². The summed E-state index contributed by atoms with van der Waals surface area (Å²) < 4.78 is 5.22. The van der Waals surface area contributed by atoms with E-state index in [9.17, 15) is 5.11 Å². The van der Waals surface area contributed by atoms with Crippen LogP contribution in [0.1, 0.15) is 12.2 Å². The van der Waals surface area contributed by atoms with Gasteiger partial charge in [-0.25, -0.2) is 9.97 Å². The number of hydrogen-bond acceptors (Lipinski definition) is 6. The number of thiophene rings is 1. The third kappa shape index (κ3) is 2.77. The Kier molecular flexibility index (Phi) is 4.18. The SMILES string of the molecule is COCc1nc(N2CC[C@H](O)C2)c2c(-c3ccccc3)csc2n1. The molecule has 0 radical (unpaired) electrons. The lowest BCUT2D eigenvalue weighted by atomic mass is 10.1. The number of anilines is 1. The largest absolute Gasteiger partial charge is 0.391 e. The molecule has 0 spiro atoms. The van der Waals surface area contributed by atoms with Gasteiger partial charge in [-0.2, -0.15) is 0 Å². The molecule has 1 atom stereocenters. The molecule has 1 aromatic carbocycles. The highest BCUT2D eigenvalue weighted by Crippen LogP contribution is 2.39. The number of nitrogens with zero attached hydrogens (tertiary/aromatic N) is 3. The maximum Gasteiger partial charge on any atom is 0.158 e. The lowest BCUT2D eigenvalue weighted by molar-refractivity contribution is 0.178. The van der Waals surface area contributed by atoms with Gasteiger partial charge in [0.05, 0.1) is 11.5 Å². The Morgan fingerprint density at radius 3 is 2.83 bits per heavy atom. The van der Waals surface area contributed by atoms with Crippen LogP contribution in [-0.2, 0) is 11.3 Å². The van der Waals surface area contributed by atoms with Crippen LogP contribution in [0.2, 0.25) is 0 Å². The van der Waals surface area contributed by atoms with Gasteiger partial charge in [0, 0.05) is 31.1 Å². The van der Waals surface area contributed by atoms with E-state index in [2.05, 4.69) is 27.4 Å². The number of methoxy groups -OCH3 is 1. The summed E-state index contributed by atoms with van der Waals surface area (Å²) in [5.41, 5.74) is 2.31. The van der Waals surface area contributed by atoms with Gasteiger partial charge in [-0.05, 0) is 12.0 Å².